The van der Waals surface area contributed by atoms with Crippen molar-refractivity contribution in [3.8, 4) is 5.75 Å². The summed E-state index contributed by atoms with van der Waals surface area (Å²) >= 11 is 6.05. The van der Waals surface area contributed by atoms with Gasteiger partial charge in [0.25, 0.3) is 0 Å². The van der Waals surface area contributed by atoms with Gasteiger partial charge in [0, 0.05) is 29.2 Å². The van der Waals surface area contributed by atoms with Gasteiger partial charge in [-0.25, -0.2) is 0 Å². The molecule has 0 aliphatic heterocycles. The van der Waals surface area contributed by atoms with Crippen molar-refractivity contribution >= 4 is 11.6 Å². The van der Waals surface area contributed by atoms with Gasteiger partial charge < -0.3 is 16.2 Å². The van der Waals surface area contributed by atoms with Gasteiger partial charge in [0.2, 0.25) is 0 Å². The molecule has 1 aromatic rings. The summed E-state index contributed by atoms with van der Waals surface area (Å²) in [5.74, 6) is 0.262. The third kappa shape index (κ3) is 3.35. The Hall–Kier alpha value is -0.770. The predicted octanol–water partition coefficient (Wildman–Crippen LogP) is 2.41. The van der Waals surface area contributed by atoms with E-state index in [-0.39, 0.29) is 5.75 Å². The first-order chi connectivity index (χ1) is 8.16. The van der Waals surface area contributed by atoms with Crippen LogP contribution in [0.15, 0.2) is 18.2 Å². The Morgan fingerprint density at radius 3 is 2.65 bits per heavy atom. The number of nitrogens with two attached hydrogens (primary N) is 1. The fourth-order valence-corrected chi connectivity index (χ4v) is 2.53. The van der Waals surface area contributed by atoms with E-state index in [1.54, 1.807) is 18.2 Å². The summed E-state index contributed by atoms with van der Waals surface area (Å²) in [4.78, 5) is 0. The third-order valence-corrected chi connectivity index (χ3v) is 3.79. The zero-order valence-corrected chi connectivity index (χ0v) is 10.6. The fraction of sp³-hybridized carbons (Fsp3) is 0.538. The Labute approximate surface area is 107 Å². The Bertz CT molecular complexity index is 355. The molecule has 2 rings (SSSR count). The van der Waals surface area contributed by atoms with Crippen LogP contribution in [0.5, 0.6) is 5.75 Å². The summed E-state index contributed by atoms with van der Waals surface area (Å²) in [6.45, 7) is 0.616. The van der Waals surface area contributed by atoms with Gasteiger partial charge >= 0.3 is 0 Å². The lowest BCUT2D eigenvalue weighted by Crippen LogP contribution is -2.37. The number of hydrogen-bond donors (Lipinski definition) is 3. The van der Waals surface area contributed by atoms with E-state index in [2.05, 4.69) is 5.32 Å². The molecule has 1 aliphatic rings. The van der Waals surface area contributed by atoms with Gasteiger partial charge in [-0.05, 0) is 37.8 Å². The number of rotatable bonds is 3. The average Bonchev–Trinajstić information content (AvgIpc) is 2.31. The van der Waals surface area contributed by atoms with Crippen LogP contribution in [0.3, 0.4) is 0 Å². The van der Waals surface area contributed by atoms with Crippen LogP contribution in [0.2, 0.25) is 5.02 Å². The molecule has 3 nitrogen and oxygen atoms in total. The van der Waals surface area contributed by atoms with Gasteiger partial charge in [0.15, 0.2) is 0 Å². The summed E-state index contributed by atoms with van der Waals surface area (Å²) in [6, 6.07) is 6.07. The molecular formula is C13H19ClN2O. The lowest BCUT2D eigenvalue weighted by atomic mass is 9.92. The number of nitrogens with one attached hydrogen (secondary N) is 1. The molecule has 0 amide bonds. The highest BCUT2D eigenvalue weighted by molar-refractivity contribution is 6.31. The number of aromatic hydroxyl groups is 1. The molecule has 1 aromatic carbocycles. The average molecular weight is 255 g/mol. The van der Waals surface area contributed by atoms with Crippen LogP contribution in [0.25, 0.3) is 0 Å². The van der Waals surface area contributed by atoms with E-state index in [0.717, 1.165) is 31.2 Å². The molecule has 0 heterocycles. The smallest absolute Gasteiger partial charge is 0.121 e. The van der Waals surface area contributed by atoms with Gasteiger partial charge in [0.1, 0.15) is 5.75 Å². The van der Waals surface area contributed by atoms with Crippen molar-refractivity contribution in [1.82, 2.24) is 5.32 Å². The summed E-state index contributed by atoms with van der Waals surface area (Å²) in [5, 5.41) is 13.8. The van der Waals surface area contributed by atoms with E-state index < -0.39 is 0 Å². The maximum Gasteiger partial charge on any atom is 0.121 e. The minimum atomic E-state index is 0.262. The van der Waals surface area contributed by atoms with Crippen LogP contribution < -0.4 is 11.1 Å². The second-order valence-corrected chi connectivity index (χ2v) is 5.14. The largest absolute Gasteiger partial charge is 0.508 e. The summed E-state index contributed by atoms with van der Waals surface area (Å²) in [7, 11) is 0. The van der Waals surface area contributed by atoms with Gasteiger partial charge in [0.05, 0.1) is 0 Å². The Morgan fingerprint density at radius 1 is 1.29 bits per heavy atom. The van der Waals surface area contributed by atoms with E-state index in [4.69, 9.17) is 17.3 Å². The summed E-state index contributed by atoms with van der Waals surface area (Å²) < 4.78 is 0. The first-order valence-electron chi connectivity index (χ1n) is 6.12. The Morgan fingerprint density at radius 2 is 2.00 bits per heavy atom. The molecule has 4 heteroatoms. The maximum atomic E-state index is 9.72. The highest BCUT2D eigenvalue weighted by Crippen LogP contribution is 2.26. The van der Waals surface area contributed by atoms with Crippen LogP contribution in [0, 0.1) is 0 Å². The highest BCUT2D eigenvalue weighted by Gasteiger charge is 2.18. The first kappa shape index (κ1) is 12.7. The first-order valence-corrected chi connectivity index (χ1v) is 6.50. The SMILES string of the molecule is NC1CCC(NCc2c(O)cccc2Cl)CC1. The van der Waals surface area contributed by atoms with Gasteiger partial charge in [-0.15, -0.1) is 0 Å². The van der Waals surface area contributed by atoms with Crippen molar-refractivity contribution in [2.24, 2.45) is 5.73 Å². The van der Waals surface area contributed by atoms with Gasteiger partial charge in [-0.3, -0.25) is 0 Å². The van der Waals surface area contributed by atoms with Crippen LogP contribution in [0.1, 0.15) is 31.2 Å². The normalized spacial score (nSPS) is 24.8. The number of hydrogen-bond acceptors (Lipinski definition) is 3. The topological polar surface area (TPSA) is 58.3 Å². The van der Waals surface area contributed by atoms with E-state index in [1.807, 2.05) is 0 Å². The molecular weight excluding hydrogens is 236 g/mol. The zero-order valence-electron chi connectivity index (χ0n) is 9.82. The number of phenolic OH excluding ortho intramolecular Hbond substituents is 1. The molecule has 0 radical (unpaired) electrons. The highest BCUT2D eigenvalue weighted by atomic mass is 35.5. The van der Waals surface area contributed by atoms with Crippen molar-refractivity contribution in [3.05, 3.63) is 28.8 Å². The zero-order chi connectivity index (χ0) is 12.3. The monoisotopic (exact) mass is 254 g/mol. The number of halogens is 1. The van der Waals surface area contributed by atoms with E-state index in [9.17, 15) is 5.11 Å². The van der Waals surface area contributed by atoms with Crippen molar-refractivity contribution in [1.29, 1.82) is 0 Å². The van der Waals surface area contributed by atoms with E-state index in [0.29, 0.717) is 23.7 Å². The van der Waals surface area contributed by atoms with Crippen LogP contribution in [-0.4, -0.2) is 17.2 Å². The van der Waals surface area contributed by atoms with E-state index >= 15 is 0 Å². The number of phenols is 1. The van der Waals surface area contributed by atoms with Crippen molar-refractivity contribution < 1.29 is 5.11 Å². The molecule has 4 N–H and O–H groups in total. The summed E-state index contributed by atoms with van der Waals surface area (Å²) in [6.07, 6.45) is 4.36. The molecule has 94 valence electrons. The molecule has 0 atom stereocenters. The third-order valence-electron chi connectivity index (χ3n) is 3.43. The lowest BCUT2D eigenvalue weighted by molar-refractivity contribution is 0.340. The second kappa shape index (κ2) is 5.71. The molecule has 1 fully saturated rings. The van der Waals surface area contributed by atoms with Crippen molar-refractivity contribution in [2.45, 2.75) is 44.3 Å². The molecule has 17 heavy (non-hydrogen) atoms. The minimum Gasteiger partial charge on any atom is -0.508 e. The minimum absolute atomic E-state index is 0.262. The Kier molecular flexibility index (Phi) is 4.26. The molecule has 0 spiro atoms. The molecule has 1 saturated carbocycles. The predicted molar refractivity (Wildman–Crippen MR) is 70.2 cm³/mol. The Balaban J connectivity index is 1.89. The van der Waals surface area contributed by atoms with Crippen LogP contribution in [0.4, 0.5) is 0 Å². The molecule has 0 bridgehead atoms. The lowest BCUT2D eigenvalue weighted by Gasteiger charge is -2.27. The van der Waals surface area contributed by atoms with E-state index in [1.165, 1.54) is 0 Å². The van der Waals surface area contributed by atoms with Gasteiger partial charge in [-0.2, -0.15) is 0 Å². The fourth-order valence-electron chi connectivity index (χ4n) is 2.29. The van der Waals surface area contributed by atoms with Crippen LogP contribution >= 0.6 is 11.6 Å². The molecule has 1 aliphatic carbocycles. The quantitative estimate of drug-likeness (QED) is 0.776. The summed E-state index contributed by atoms with van der Waals surface area (Å²) in [5.41, 5.74) is 6.65. The number of benzene rings is 1. The maximum absolute atomic E-state index is 9.72. The molecule has 0 saturated heterocycles. The van der Waals surface area contributed by atoms with Gasteiger partial charge in [-0.1, -0.05) is 17.7 Å². The van der Waals surface area contributed by atoms with Crippen molar-refractivity contribution in [2.75, 3.05) is 0 Å². The standard InChI is InChI=1S/C13H19ClN2O/c14-12-2-1-3-13(17)11(12)8-16-10-6-4-9(15)5-7-10/h1-3,9-10,16-17H,4-8,15H2. The van der Waals surface area contributed by atoms with Crippen molar-refractivity contribution in [3.63, 3.8) is 0 Å². The molecule has 0 aromatic heterocycles. The van der Waals surface area contributed by atoms with Crippen LogP contribution in [-0.2, 0) is 6.54 Å². The second-order valence-electron chi connectivity index (χ2n) is 4.73. The molecule has 0 unspecified atom stereocenters.